The number of nitrogens with one attached hydrogen (secondary N) is 1. The Balaban J connectivity index is 1.91. The number of rotatable bonds is 3. The van der Waals surface area contributed by atoms with Crippen LogP contribution in [0.1, 0.15) is 5.56 Å². The highest BCUT2D eigenvalue weighted by Crippen LogP contribution is 2.15. The van der Waals surface area contributed by atoms with E-state index in [0.717, 1.165) is 0 Å². The highest BCUT2D eigenvalue weighted by atomic mass is 35.5. The minimum Gasteiger partial charge on any atom is -0.308 e. The Hall–Kier alpha value is -0.650. The summed E-state index contributed by atoms with van der Waals surface area (Å²) in [4.78, 5) is 0. The fourth-order valence-corrected chi connectivity index (χ4v) is 3.27. The van der Waals surface area contributed by atoms with E-state index in [2.05, 4.69) is 5.32 Å². The Kier molecular flexibility index (Phi) is 3.19. The van der Waals surface area contributed by atoms with Crippen molar-refractivity contribution in [1.82, 2.24) is 5.32 Å². The Labute approximate surface area is 98.5 Å². The molecule has 0 amide bonds. The second kappa shape index (κ2) is 4.31. The normalized spacial score (nSPS) is 19.4. The highest BCUT2D eigenvalue weighted by Gasteiger charge is 2.32. The second-order valence-electron chi connectivity index (χ2n) is 3.93. The Morgan fingerprint density at radius 2 is 2.06 bits per heavy atom. The predicted molar refractivity (Wildman–Crippen MR) is 60.7 cm³/mol. The van der Waals surface area contributed by atoms with Gasteiger partial charge in [0, 0.05) is 17.6 Å². The van der Waals surface area contributed by atoms with Crippen LogP contribution in [-0.4, -0.2) is 26.0 Å². The molecule has 0 unspecified atom stereocenters. The minimum absolute atomic E-state index is 0.0213. The second-order valence-corrected chi connectivity index (χ2v) is 6.52. The van der Waals surface area contributed by atoms with Gasteiger partial charge in [0.1, 0.15) is 5.82 Å². The molecule has 0 saturated carbocycles. The zero-order chi connectivity index (χ0) is 11.8. The van der Waals surface area contributed by atoms with Gasteiger partial charge in [-0.15, -0.1) is 0 Å². The van der Waals surface area contributed by atoms with Crippen molar-refractivity contribution in [2.24, 2.45) is 0 Å². The van der Waals surface area contributed by atoms with Crippen molar-refractivity contribution in [3.8, 4) is 0 Å². The van der Waals surface area contributed by atoms with Gasteiger partial charge < -0.3 is 5.32 Å². The summed E-state index contributed by atoms with van der Waals surface area (Å²) in [6.07, 6.45) is 0. The molecule has 1 N–H and O–H groups in total. The van der Waals surface area contributed by atoms with Crippen molar-refractivity contribution in [2.45, 2.75) is 12.6 Å². The lowest BCUT2D eigenvalue weighted by Gasteiger charge is -2.26. The van der Waals surface area contributed by atoms with E-state index in [1.165, 1.54) is 12.1 Å². The third kappa shape index (κ3) is 2.93. The molecule has 0 aliphatic carbocycles. The fraction of sp³-hybridized carbons (Fsp3) is 0.400. The Morgan fingerprint density at radius 3 is 2.62 bits per heavy atom. The van der Waals surface area contributed by atoms with Gasteiger partial charge in [-0.2, -0.15) is 0 Å². The lowest BCUT2D eigenvalue weighted by Crippen LogP contribution is -2.50. The largest absolute Gasteiger partial charge is 0.308 e. The van der Waals surface area contributed by atoms with E-state index < -0.39 is 9.84 Å². The predicted octanol–water partition coefficient (Wildman–Crippen LogP) is 1.37. The van der Waals surface area contributed by atoms with E-state index in [0.29, 0.717) is 17.1 Å². The quantitative estimate of drug-likeness (QED) is 0.896. The van der Waals surface area contributed by atoms with Crippen LogP contribution < -0.4 is 5.32 Å². The molecule has 0 spiro atoms. The van der Waals surface area contributed by atoms with E-state index in [4.69, 9.17) is 11.6 Å². The molecule has 3 nitrogen and oxygen atoms in total. The molecule has 1 aliphatic heterocycles. The summed E-state index contributed by atoms with van der Waals surface area (Å²) in [5, 5.41) is 3.39. The van der Waals surface area contributed by atoms with E-state index in [-0.39, 0.29) is 23.4 Å². The van der Waals surface area contributed by atoms with Gasteiger partial charge in [-0.25, -0.2) is 12.8 Å². The van der Waals surface area contributed by atoms with Crippen molar-refractivity contribution in [1.29, 1.82) is 0 Å². The van der Waals surface area contributed by atoms with Crippen molar-refractivity contribution >= 4 is 21.4 Å². The van der Waals surface area contributed by atoms with Crippen LogP contribution in [0.3, 0.4) is 0 Å². The monoisotopic (exact) mass is 263 g/mol. The van der Waals surface area contributed by atoms with Crippen LogP contribution in [0.5, 0.6) is 0 Å². The van der Waals surface area contributed by atoms with Crippen molar-refractivity contribution in [3.05, 3.63) is 34.6 Å². The number of benzene rings is 1. The molecule has 0 atom stereocenters. The van der Waals surface area contributed by atoms with E-state index in [1.54, 1.807) is 6.07 Å². The van der Waals surface area contributed by atoms with Crippen LogP contribution >= 0.6 is 11.6 Å². The van der Waals surface area contributed by atoms with Crippen molar-refractivity contribution < 1.29 is 12.8 Å². The zero-order valence-electron chi connectivity index (χ0n) is 8.41. The number of hydrogen-bond donors (Lipinski definition) is 1. The summed E-state index contributed by atoms with van der Waals surface area (Å²) in [5.41, 5.74) is 0.717. The summed E-state index contributed by atoms with van der Waals surface area (Å²) < 4.78 is 34.8. The van der Waals surface area contributed by atoms with Gasteiger partial charge in [-0.05, 0) is 23.8 Å². The topological polar surface area (TPSA) is 46.2 Å². The maximum absolute atomic E-state index is 13.0. The first-order chi connectivity index (χ1) is 7.44. The number of sulfone groups is 1. The first-order valence-electron chi connectivity index (χ1n) is 4.83. The molecular weight excluding hydrogens is 253 g/mol. The van der Waals surface area contributed by atoms with Crippen molar-refractivity contribution in [2.75, 3.05) is 11.5 Å². The lowest BCUT2D eigenvalue weighted by atomic mass is 10.2. The van der Waals surface area contributed by atoms with Gasteiger partial charge in [0.15, 0.2) is 9.84 Å². The standard InChI is InChI=1S/C10H11ClFNO2S/c11-8-1-7(2-9(12)3-8)4-13-10-5-16(14,15)6-10/h1-3,10,13H,4-6H2. The lowest BCUT2D eigenvalue weighted by molar-refractivity contribution is 0.510. The molecule has 88 valence electrons. The van der Waals surface area contributed by atoms with Crippen LogP contribution in [0.15, 0.2) is 18.2 Å². The molecular formula is C10H11ClFNO2S. The molecule has 1 aliphatic rings. The molecule has 1 aromatic carbocycles. The summed E-state index contributed by atoms with van der Waals surface area (Å²) in [5.74, 6) is -0.0583. The van der Waals surface area contributed by atoms with E-state index in [1.807, 2.05) is 0 Å². The SMILES string of the molecule is O=S1(=O)CC(NCc2cc(F)cc(Cl)c2)C1. The maximum Gasteiger partial charge on any atom is 0.153 e. The number of halogens is 2. The zero-order valence-corrected chi connectivity index (χ0v) is 9.98. The van der Waals surface area contributed by atoms with Gasteiger partial charge in [0.05, 0.1) is 11.5 Å². The van der Waals surface area contributed by atoms with Crippen LogP contribution in [0, 0.1) is 5.82 Å². The average molecular weight is 264 g/mol. The van der Waals surface area contributed by atoms with Crippen molar-refractivity contribution in [3.63, 3.8) is 0 Å². The van der Waals surface area contributed by atoms with Crippen LogP contribution in [-0.2, 0) is 16.4 Å². The van der Waals surface area contributed by atoms with Gasteiger partial charge in [0.2, 0.25) is 0 Å². The fourth-order valence-electron chi connectivity index (χ4n) is 1.66. The molecule has 2 rings (SSSR count). The van der Waals surface area contributed by atoms with E-state index >= 15 is 0 Å². The molecule has 6 heteroatoms. The Bertz CT molecular complexity index is 471. The first-order valence-corrected chi connectivity index (χ1v) is 7.03. The van der Waals surface area contributed by atoms with Gasteiger partial charge in [0.25, 0.3) is 0 Å². The van der Waals surface area contributed by atoms with E-state index in [9.17, 15) is 12.8 Å². The highest BCUT2D eigenvalue weighted by molar-refractivity contribution is 7.92. The molecule has 0 bridgehead atoms. The summed E-state index contributed by atoms with van der Waals surface area (Å²) in [7, 11) is -2.81. The molecule has 1 aromatic rings. The molecule has 0 radical (unpaired) electrons. The number of hydrogen-bond acceptors (Lipinski definition) is 3. The smallest absolute Gasteiger partial charge is 0.153 e. The van der Waals surface area contributed by atoms with Crippen LogP contribution in [0.4, 0.5) is 4.39 Å². The Morgan fingerprint density at radius 1 is 1.38 bits per heavy atom. The van der Waals surface area contributed by atoms with Gasteiger partial charge >= 0.3 is 0 Å². The first kappa shape index (κ1) is 11.8. The van der Waals surface area contributed by atoms with Crippen LogP contribution in [0.25, 0.3) is 0 Å². The van der Waals surface area contributed by atoms with Gasteiger partial charge in [-0.3, -0.25) is 0 Å². The minimum atomic E-state index is -2.81. The van der Waals surface area contributed by atoms with Gasteiger partial charge in [-0.1, -0.05) is 11.6 Å². The average Bonchev–Trinajstić information content (AvgIpc) is 2.09. The van der Waals surface area contributed by atoms with Crippen LogP contribution in [0.2, 0.25) is 5.02 Å². The molecule has 1 fully saturated rings. The third-order valence-electron chi connectivity index (χ3n) is 2.43. The molecule has 0 aromatic heterocycles. The molecule has 1 saturated heterocycles. The summed E-state index contributed by atoms with van der Waals surface area (Å²) in [6, 6.07) is 4.25. The molecule has 16 heavy (non-hydrogen) atoms. The molecule has 1 heterocycles. The third-order valence-corrected chi connectivity index (χ3v) is 4.47. The summed E-state index contributed by atoms with van der Waals surface area (Å²) >= 11 is 5.69. The summed E-state index contributed by atoms with van der Waals surface area (Å²) in [6.45, 7) is 0.428. The maximum atomic E-state index is 13.0.